The number of aromatic nitrogens is 2. The van der Waals surface area contributed by atoms with E-state index in [-0.39, 0.29) is 18.2 Å². The van der Waals surface area contributed by atoms with Gasteiger partial charge in [-0.05, 0) is 48.5 Å². The predicted octanol–water partition coefficient (Wildman–Crippen LogP) is 5.20. The van der Waals surface area contributed by atoms with Gasteiger partial charge in [-0.3, -0.25) is 9.59 Å². The molecule has 0 aliphatic rings. The van der Waals surface area contributed by atoms with Crippen LogP contribution in [0.25, 0.3) is 11.0 Å². The van der Waals surface area contributed by atoms with Crippen LogP contribution in [0.5, 0.6) is 0 Å². The zero-order valence-corrected chi connectivity index (χ0v) is 18.0. The summed E-state index contributed by atoms with van der Waals surface area (Å²) >= 11 is 12.0. The number of ketones is 1. The fraction of sp³-hybridized carbons (Fsp3) is 0.125. The Morgan fingerprint density at radius 1 is 0.903 bits per heavy atom. The number of amides is 1. The van der Waals surface area contributed by atoms with Crippen LogP contribution < -0.4 is 5.32 Å². The van der Waals surface area contributed by atoms with Crippen molar-refractivity contribution in [3.05, 3.63) is 99.8 Å². The number of nitrogens with zero attached hydrogens (tertiary/aromatic N) is 2. The standard InChI is InChI=1S/C24H19Cl2N3O2/c25-17-11-9-16(10-12-17)22(30)15-29-21-8-4-3-7-20(21)28-23(29)13-14-27-24(31)18-5-1-2-6-19(18)26/h1-12H,13-15H2,(H,27,31). The molecule has 0 bridgehead atoms. The van der Waals surface area contributed by atoms with Crippen molar-refractivity contribution in [2.45, 2.75) is 13.0 Å². The minimum absolute atomic E-state index is 0.0406. The lowest BCUT2D eigenvalue weighted by molar-refractivity contribution is 0.0948. The number of fused-ring (bicyclic) bond motifs is 1. The Balaban J connectivity index is 1.52. The van der Waals surface area contributed by atoms with Crippen molar-refractivity contribution in [3.63, 3.8) is 0 Å². The molecule has 0 atom stereocenters. The monoisotopic (exact) mass is 451 g/mol. The van der Waals surface area contributed by atoms with Crippen LogP contribution in [-0.2, 0) is 13.0 Å². The van der Waals surface area contributed by atoms with Gasteiger partial charge in [0, 0.05) is 23.6 Å². The molecule has 1 N–H and O–H groups in total. The van der Waals surface area contributed by atoms with Gasteiger partial charge in [-0.25, -0.2) is 4.98 Å². The van der Waals surface area contributed by atoms with E-state index in [0.717, 1.165) is 16.9 Å². The molecule has 0 saturated carbocycles. The van der Waals surface area contributed by atoms with Gasteiger partial charge < -0.3 is 9.88 Å². The van der Waals surface area contributed by atoms with Crippen molar-refractivity contribution in [1.82, 2.24) is 14.9 Å². The number of nitrogens with one attached hydrogen (secondary N) is 1. The number of imidazole rings is 1. The lowest BCUT2D eigenvalue weighted by Gasteiger charge is -2.10. The summed E-state index contributed by atoms with van der Waals surface area (Å²) in [4.78, 5) is 29.9. The Labute approximate surface area is 189 Å². The first kappa shape index (κ1) is 21.1. The van der Waals surface area contributed by atoms with Crippen LogP contribution >= 0.6 is 23.2 Å². The smallest absolute Gasteiger partial charge is 0.252 e. The predicted molar refractivity (Wildman–Crippen MR) is 123 cm³/mol. The quantitative estimate of drug-likeness (QED) is 0.392. The van der Waals surface area contributed by atoms with Gasteiger partial charge in [0.05, 0.1) is 28.2 Å². The summed E-state index contributed by atoms with van der Waals surface area (Å²) in [7, 11) is 0. The van der Waals surface area contributed by atoms with E-state index in [1.54, 1.807) is 48.5 Å². The molecule has 0 unspecified atom stereocenters. The van der Waals surface area contributed by atoms with E-state index in [9.17, 15) is 9.59 Å². The van der Waals surface area contributed by atoms with Crippen LogP contribution in [0.2, 0.25) is 10.0 Å². The summed E-state index contributed by atoms with van der Waals surface area (Å²) < 4.78 is 1.90. The Kier molecular flexibility index (Phi) is 6.35. The molecule has 0 aliphatic carbocycles. The minimum Gasteiger partial charge on any atom is -0.352 e. The third-order valence-corrected chi connectivity index (χ3v) is 5.54. The van der Waals surface area contributed by atoms with Crippen LogP contribution in [-0.4, -0.2) is 27.8 Å². The van der Waals surface area contributed by atoms with Crippen molar-refractivity contribution >= 4 is 45.9 Å². The first-order chi connectivity index (χ1) is 15.0. The molecule has 0 fully saturated rings. The van der Waals surface area contributed by atoms with Gasteiger partial charge in [-0.15, -0.1) is 0 Å². The average Bonchev–Trinajstić information content (AvgIpc) is 3.11. The number of carbonyl (C=O) groups is 2. The maximum absolute atomic E-state index is 12.8. The molecule has 31 heavy (non-hydrogen) atoms. The van der Waals surface area contributed by atoms with Crippen molar-refractivity contribution < 1.29 is 9.59 Å². The van der Waals surface area contributed by atoms with Gasteiger partial charge in [0.2, 0.25) is 0 Å². The van der Waals surface area contributed by atoms with E-state index in [1.807, 2.05) is 28.8 Å². The van der Waals surface area contributed by atoms with Gasteiger partial charge in [-0.2, -0.15) is 0 Å². The molecular formula is C24H19Cl2N3O2. The van der Waals surface area contributed by atoms with E-state index in [0.29, 0.717) is 34.1 Å². The summed E-state index contributed by atoms with van der Waals surface area (Å²) in [5, 5.41) is 3.86. The number of hydrogen-bond acceptors (Lipinski definition) is 3. The molecule has 1 heterocycles. The van der Waals surface area contributed by atoms with Gasteiger partial charge in [-0.1, -0.05) is 47.5 Å². The Bertz CT molecular complexity index is 1250. The summed E-state index contributed by atoms with van der Waals surface area (Å²) in [6.07, 6.45) is 0.471. The van der Waals surface area contributed by atoms with Crippen LogP contribution in [0, 0.1) is 0 Å². The Morgan fingerprint density at radius 3 is 2.39 bits per heavy atom. The van der Waals surface area contributed by atoms with E-state index in [4.69, 9.17) is 23.2 Å². The molecule has 3 aromatic carbocycles. The zero-order valence-electron chi connectivity index (χ0n) is 16.5. The molecule has 0 saturated heterocycles. The third kappa shape index (κ3) is 4.79. The van der Waals surface area contributed by atoms with Crippen molar-refractivity contribution in [2.75, 3.05) is 6.54 Å². The lowest BCUT2D eigenvalue weighted by atomic mass is 10.1. The van der Waals surface area contributed by atoms with Crippen LogP contribution in [0.4, 0.5) is 0 Å². The SMILES string of the molecule is O=C(Cn1c(CCNC(=O)c2ccccc2Cl)nc2ccccc21)c1ccc(Cl)cc1. The molecule has 156 valence electrons. The summed E-state index contributed by atoms with van der Waals surface area (Å²) in [5.41, 5.74) is 2.69. The maximum atomic E-state index is 12.8. The summed E-state index contributed by atoms with van der Waals surface area (Å²) in [5.74, 6) is 0.439. The molecular weight excluding hydrogens is 433 g/mol. The lowest BCUT2D eigenvalue weighted by Crippen LogP contribution is -2.27. The number of para-hydroxylation sites is 2. The van der Waals surface area contributed by atoms with Crippen LogP contribution in [0.15, 0.2) is 72.8 Å². The highest BCUT2D eigenvalue weighted by molar-refractivity contribution is 6.33. The first-order valence-corrected chi connectivity index (χ1v) is 10.5. The molecule has 1 aromatic heterocycles. The van der Waals surface area contributed by atoms with E-state index < -0.39 is 0 Å². The third-order valence-electron chi connectivity index (χ3n) is 4.95. The molecule has 4 aromatic rings. The molecule has 5 nitrogen and oxygen atoms in total. The molecule has 7 heteroatoms. The van der Waals surface area contributed by atoms with Crippen molar-refractivity contribution in [3.8, 4) is 0 Å². The fourth-order valence-electron chi connectivity index (χ4n) is 3.39. The number of benzene rings is 3. The average molecular weight is 452 g/mol. The van der Waals surface area contributed by atoms with E-state index in [2.05, 4.69) is 10.3 Å². The van der Waals surface area contributed by atoms with Gasteiger partial charge >= 0.3 is 0 Å². The second kappa shape index (κ2) is 9.33. The normalized spacial score (nSPS) is 10.9. The highest BCUT2D eigenvalue weighted by Gasteiger charge is 2.16. The second-order valence-corrected chi connectivity index (χ2v) is 7.86. The molecule has 4 rings (SSSR count). The molecule has 1 amide bonds. The Hall–Kier alpha value is -3.15. The van der Waals surface area contributed by atoms with Gasteiger partial charge in [0.15, 0.2) is 5.78 Å². The highest BCUT2D eigenvalue weighted by Crippen LogP contribution is 2.19. The topological polar surface area (TPSA) is 64.0 Å². The summed E-state index contributed by atoms with van der Waals surface area (Å²) in [6, 6.07) is 21.4. The fourth-order valence-corrected chi connectivity index (χ4v) is 3.74. The first-order valence-electron chi connectivity index (χ1n) is 9.78. The van der Waals surface area contributed by atoms with E-state index >= 15 is 0 Å². The van der Waals surface area contributed by atoms with E-state index in [1.165, 1.54) is 0 Å². The molecule has 0 aliphatic heterocycles. The number of carbonyl (C=O) groups excluding carboxylic acids is 2. The van der Waals surface area contributed by atoms with Crippen molar-refractivity contribution in [1.29, 1.82) is 0 Å². The van der Waals surface area contributed by atoms with Crippen molar-refractivity contribution in [2.24, 2.45) is 0 Å². The Morgan fingerprint density at radius 2 is 1.61 bits per heavy atom. The van der Waals surface area contributed by atoms with Gasteiger partial charge in [0.1, 0.15) is 5.82 Å². The molecule has 0 spiro atoms. The number of hydrogen-bond donors (Lipinski definition) is 1. The van der Waals surface area contributed by atoms with Gasteiger partial charge in [0.25, 0.3) is 5.91 Å². The highest BCUT2D eigenvalue weighted by atomic mass is 35.5. The maximum Gasteiger partial charge on any atom is 0.252 e. The number of halogens is 2. The minimum atomic E-state index is -0.245. The zero-order chi connectivity index (χ0) is 21.8. The molecule has 0 radical (unpaired) electrons. The summed E-state index contributed by atoms with van der Waals surface area (Å²) in [6.45, 7) is 0.512. The number of rotatable bonds is 7. The number of Topliss-reactive ketones (excluding diaryl/α,β-unsaturated/α-hetero) is 1. The second-order valence-electron chi connectivity index (χ2n) is 7.02. The largest absolute Gasteiger partial charge is 0.352 e. The van der Waals surface area contributed by atoms with Crippen LogP contribution in [0.1, 0.15) is 26.5 Å². The van der Waals surface area contributed by atoms with Crippen LogP contribution in [0.3, 0.4) is 0 Å².